The van der Waals surface area contributed by atoms with Crippen molar-refractivity contribution < 1.29 is 9.18 Å². The van der Waals surface area contributed by atoms with Gasteiger partial charge in [-0.1, -0.05) is 24.3 Å². The maximum Gasteiger partial charge on any atom is 0.246 e. The Morgan fingerprint density at radius 1 is 1.30 bits per heavy atom. The number of nitrogens with zero attached hydrogens (tertiary/aromatic N) is 1. The van der Waals surface area contributed by atoms with Crippen molar-refractivity contribution in [3.05, 3.63) is 59.4 Å². The van der Waals surface area contributed by atoms with Crippen LogP contribution in [0.5, 0.6) is 0 Å². The molecule has 3 rings (SSSR count). The van der Waals surface area contributed by atoms with E-state index in [0.717, 1.165) is 18.5 Å². The largest absolute Gasteiger partial charge is 0.376 e. The molecule has 1 unspecified atom stereocenters. The van der Waals surface area contributed by atoms with Crippen LogP contribution in [0.15, 0.2) is 42.5 Å². The number of anilines is 2. The Morgan fingerprint density at radius 3 is 2.87 bits per heavy atom. The summed E-state index contributed by atoms with van der Waals surface area (Å²) < 4.78 is 13.6. The lowest BCUT2D eigenvalue weighted by molar-refractivity contribution is -0.117. The molecule has 120 valence electrons. The van der Waals surface area contributed by atoms with Crippen molar-refractivity contribution >= 4 is 17.3 Å². The first-order chi connectivity index (χ1) is 11.1. The number of hydrogen-bond acceptors (Lipinski definition) is 2. The van der Waals surface area contributed by atoms with Crippen LogP contribution in [0.4, 0.5) is 15.8 Å². The third-order valence-electron chi connectivity index (χ3n) is 4.41. The monoisotopic (exact) mass is 312 g/mol. The number of aryl methyl sites for hydroxylation is 2. The van der Waals surface area contributed by atoms with Gasteiger partial charge in [0.25, 0.3) is 0 Å². The van der Waals surface area contributed by atoms with E-state index in [2.05, 4.69) is 18.3 Å². The molecule has 0 bridgehead atoms. The average molecular weight is 312 g/mol. The molecule has 1 N–H and O–H groups in total. The van der Waals surface area contributed by atoms with E-state index in [1.54, 1.807) is 19.1 Å². The van der Waals surface area contributed by atoms with Gasteiger partial charge in [-0.2, -0.15) is 0 Å². The first-order valence-electron chi connectivity index (χ1n) is 7.96. The van der Waals surface area contributed by atoms with Gasteiger partial charge in [-0.3, -0.25) is 4.79 Å². The molecule has 4 heteroatoms. The Labute approximate surface area is 136 Å². The fraction of sp³-hybridized carbons (Fsp3) is 0.316. The zero-order valence-corrected chi connectivity index (χ0v) is 13.5. The normalized spacial score (nSPS) is 16.8. The number of nitrogens with one attached hydrogen (secondary N) is 1. The zero-order valence-electron chi connectivity index (χ0n) is 13.5. The number of rotatable bonds is 3. The first-order valence-corrected chi connectivity index (χ1v) is 7.96. The summed E-state index contributed by atoms with van der Waals surface area (Å²) in [4.78, 5) is 14.5. The predicted octanol–water partition coefficient (Wildman–Crippen LogP) is 3.91. The number of benzene rings is 2. The maximum absolute atomic E-state index is 13.6. The molecule has 2 aromatic rings. The molecule has 0 fully saturated rings. The van der Waals surface area contributed by atoms with Crippen molar-refractivity contribution in [2.75, 3.05) is 16.8 Å². The number of amides is 1. The highest BCUT2D eigenvalue weighted by atomic mass is 19.1. The van der Waals surface area contributed by atoms with E-state index in [0.29, 0.717) is 11.3 Å². The Kier molecular flexibility index (Phi) is 4.33. The molecular weight excluding hydrogens is 291 g/mol. The minimum absolute atomic E-state index is 0.00522. The van der Waals surface area contributed by atoms with E-state index in [4.69, 9.17) is 0 Å². The summed E-state index contributed by atoms with van der Waals surface area (Å²) in [5.74, 6) is -0.259. The van der Waals surface area contributed by atoms with Crippen LogP contribution in [0.3, 0.4) is 0 Å². The van der Waals surface area contributed by atoms with E-state index in [-0.39, 0.29) is 24.3 Å². The highest BCUT2D eigenvalue weighted by Gasteiger charge is 2.27. The van der Waals surface area contributed by atoms with E-state index in [1.165, 1.54) is 11.6 Å². The van der Waals surface area contributed by atoms with Crippen molar-refractivity contribution in [3.8, 4) is 0 Å². The first kappa shape index (κ1) is 15.5. The summed E-state index contributed by atoms with van der Waals surface area (Å²) in [6, 6.07) is 13.1. The summed E-state index contributed by atoms with van der Waals surface area (Å²) in [5.41, 5.74) is 3.42. The molecule has 1 aliphatic heterocycles. The predicted molar refractivity (Wildman–Crippen MR) is 91.3 cm³/mol. The van der Waals surface area contributed by atoms with Gasteiger partial charge in [-0.15, -0.1) is 0 Å². The number of carbonyl (C=O) groups is 1. The van der Waals surface area contributed by atoms with Crippen LogP contribution in [-0.4, -0.2) is 18.5 Å². The Balaban J connectivity index is 1.74. The van der Waals surface area contributed by atoms with Crippen LogP contribution in [0.1, 0.15) is 24.5 Å². The van der Waals surface area contributed by atoms with Gasteiger partial charge < -0.3 is 10.2 Å². The zero-order chi connectivity index (χ0) is 16.4. The van der Waals surface area contributed by atoms with Crippen LogP contribution in [0.25, 0.3) is 0 Å². The molecule has 23 heavy (non-hydrogen) atoms. The van der Waals surface area contributed by atoms with Gasteiger partial charge in [0, 0.05) is 17.4 Å². The molecule has 0 aliphatic carbocycles. The highest BCUT2D eigenvalue weighted by molar-refractivity contribution is 5.97. The molecule has 0 aromatic heterocycles. The standard InChI is InChI=1S/C19H21FN2O/c1-13-7-10-16(11-17(13)20)21-12-19(23)22-14(2)8-9-15-5-3-4-6-18(15)22/h3-7,10-11,14,21H,8-9,12H2,1-2H3. The van der Waals surface area contributed by atoms with Gasteiger partial charge in [0.2, 0.25) is 5.91 Å². The van der Waals surface area contributed by atoms with Crippen LogP contribution in [0, 0.1) is 12.7 Å². The number of para-hydroxylation sites is 1. The summed E-state index contributed by atoms with van der Waals surface area (Å²) in [7, 11) is 0. The van der Waals surface area contributed by atoms with Gasteiger partial charge in [0.05, 0.1) is 6.54 Å². The lowest BCUT2D eigenvalue weighted by Crippen LogP contribution is -2.44. The Bertz CT molecular complexity index is 729. The molecule has 0 saturated carbocycles. The number of fused-ring (bicyclic) bond motifs is 1. The van der Waals surface area contributed by atoms with E-state index >= 15 is 0 Å². The maximum atomic E-state index is 13.6. The Morgan fingerprint density at radius 2 is 2.09 bits per heavy atom. The SMILES string of the molecule is Cc1ccc(NCC(=O)N2c3ccccc3CCC2C)cc1F. The minimum Gasteiger partial charge on any atom is -0.376 e. The molecule has 2 aromatic carbocycles. The van der Waals surface area contributed by atoms with Crippen LogP contribution < -0.4 is 10.2 Å². The fourth-order valence-corrected chi connectivity index (χ4v) is 3.03. The van der Waals surface area contributed by atoms with Crippen molar-refractivity contribution in [2.45, 2.75) is 32.7 Å². The lowest BCUT2D eigenvalue weighted by Gasteiger charge is -2.35. The third kappa shape index (κ3) is 3.21. The second kappa shape index (κ2) is 6.41. The average Bonchev–Trinajstić information content (AvgIpc) is 2.55. The van der Waals surface area contributed by atoms with Crippen molar-refractivity contribution in [1.29, 1.82) is 0 Å². The lowest BCUT2D eigenvalue weighted by atomic mass is 9.96. The van der Waals surface area contributed by atoms with Gasteiger partial charge in [-0.25, -0.2) is 4.39 Å². The van der Waals surface area contributed by atoms with Crippen LogP contribution >= 0.6 is 0 Å². The number of halogens is 1. The smallest absolute Gasteiger partial charge is 0.246 e. The van der Waals surface area contributed by atoms with Crippen LogP contribution in [-0.2, 0) is 11.2 Å². The molecule has 1 atom stereocenters. The van der Waals surface area contributed by atoms with E-state index in [9.17, 15) is 9.18 Å². The molecule has 0 radical (unpaired) electrons. The fourth-order valence-electron chi connectivity index (χ4n) is 3.03. The molecule has 0 spiro atoms. The summed E-state index contributed by atoms with van der Waals surface area (Å²) in [6.07, 6.45) is 1.96. The van der Waals surface area contributed by atoms with Crippen molar-refractivity contribution in [3.63, 3.8) is 0 Å². The second-order valence-corrected chi connectivity index (χ2v) is 6.10. The van der Waals surface area contributed by atoms with Crippen molar-refractivity contribution in [1.82, 2.24) is 0 Å². The minimum atomic E-state index is -0.265. The van der Waals surface area contributed by atoms with Crippen LogP contribution in [0.2, 0.25) is 0 Å². The molecular formula is C19H21FN2O. The molecule has 3 nitrogen and oxygen atoms in total. The topological polar surface area (TPSA) is 32.3 Å². The Hall–Kier alpha value is -2.36. The summed E-state index contributed by atoms with van der Waals surface area (Å²) >= 11 is 0. The number of carbonyl (C=O) groups excluding carboxylic acids is 1. The molecule has 1 amide bonds. The van der Waals surface area contributed by atoms with Gasteiger partial charge in [0.1, 0.15) is 5.82 Å². The number of hydrogen-bond donors (Lipinski definition) is 1. The summed E-state index contributed by atoms with van der Waals surface area (Å²) in [5, 5.41) is 3.03. The summed E-state index contributed by atoms with van der Waals surface area (Å²) in [6.45, 7) is 3.94. The van der Waals surface area contributed by atoms with E-state index in [1.807, 2.05) is 23.1 Å². The van der Waals surface area contributed by atoms with E-state index < -0.39 is 0 Å². The molecule has 1 aliphatic rings. The second-order valence-electron chi connectivity index (χ2n) is 6.10. The van der Waals surface area contributed by atoms with Crippen molar-refractivity contribution in [2.24, 2.45) is 0 Å². The molecule has 0 saturated heterocycles. The van der Waals surface area contributed by atoms with Gasteiger partial charge >= 0.3 is 0 Å². The quantitative estimate of drug-likeness (QED) is 0.932. The third-order valence-corrected chi connectivity index (χ3v) is 4.41. The molecule has 1 heterocycles. The highest BCUT2D eigenvalue weighted by Crippen LogP contribution is 2.30. The van der Waals surface area contributed by atoms with Gasteiger partial charge in [-0.05, 0) is 56.0 Å². The van der Waals surface area contributed by atoms with Gasteiger partial charge in [0.15, 0.2) is 0 Å².